The number of amides is 1. The maximum absolute atomic E-state index is 12.1. The third kappa shape index (κ3) is 3.87. The molecule has 1 fully saturated rings. The number of fused-ring (bicyclic) bond motifs is 1. The molecule has 1 aliphatic rings. The first kappa shape index (κ1) is 18.8. The van der Waals surface area contributed by atoms with Crippen molar-refractivity contribution in [1.82, 2.24) is 15.4 Å². The highest BCUT2D eigenvalue weighted by molar-refractivity contribution is 6.06. The van der Waals surface area contributed by atoms with Gasteiger partial charge in [0.1, 0.15) is 0 Å². The fourth-order valence-corrected chi connectivity index (χ4v) is 3.31. The maximum Gasteiger partial charge on any atom is 0.275 e. The van der Waals surface area contributed by atoms with E-state index in [1.807, 2.05) is 24.3 Å². The van der Waals surface area contributed by atoms with Gasteiger partial charge in [-0.05, 0) is 48.1 Å². The van der Waals surface area contributed by atoms with Crippen molar-refractivity contribution in [2.24, 2.45) is 11.8 Å². The van der Waals surface area contributed by atoms with Gasteiger partial charge in [-0.2, -0.15) is 0 Å². The second-order valence-electron chi connectivity index (χ2n) is 7.03. The van der Waals surface area contributed by atoms with E-state index in [0.29, 0.717) is 34.0 Å². The van der Waals surface area contributed by atoms with Crippen molar-refractivity contribution in [3.63, 3.8) is 0 Å². The number of allylic oxidation sites excluding steroid dienone is 1. The molecule has 3 aromatic rings. The number of carbonyl (C=O) groups is 1. The molecule has 0 unspecified atom stereocenters. The van der Waals surface area contributed by atoms with E-state index in [2.05, 4.69) is 28.4 Å². The Morgan fingerprint density at radius 2 is 2.07 bits per heavy atom. The zero-order chi connectivity index (χ0) is 20.4. The summed E-state index contributed by atoms with van der Waals surface area (Å²) in [4.78, 5) is 20.7. The molecule has 1 aliphatic carbocycles. The molecule has 1 saturated carbocycles. The summed E-state index contributed by atoms with van der Waals surface area (Å²) in [6.07, 6.45) is 4.10. The topological polar surface area (TPSA) is 95.3 Å². The minimum Gasteiger partial charge on any atom is -0.396 e. The van der Waals surface area contributed by atoms with Gasteiger partial charge in [-0.25, -0.2) is 10.5 Å². The second-order valence-corrected chi connectivity index (χ2v) is 7.03. The van der Waals surface area contributed by atoms with Crippen molar-refractivity contribution < 1.29 is 15.1 Å². The van der Waals surface area contributed by atoms with Gasteiger partial charge in [0.05, 0.1) is 16.8 Å². The highest BCUT2D eigenvalue weighted by Gasteiger charge is 2.37. The quantitative estimate of drug-likeness (QED) is 0.365. The summed E-state index contributed by atoms with van der Waals surface area (Å²) in [6.45, 7) is 4.19. The number of hydrogen-bond donors (Lipinski definition) is 3. The van der Waals surface area contributed by atoms with Crippen molar-refractivity contribution in [2.75, 3.05) is 6.61 Å². The van der Waals surface area contributed by atoms with E-state index in [1.165, 1.54) is 0 Å². The highest BCUT2D eigenvalue weighted by Crippen LogP contribution is 2.42. The van der Waals surface area contributed by atoms with Gasteiger partial charge in [0.25, 0.3) is 5.91 Å². The number of aliphatic hydroxyl groups is 1. The van der Waals surface area contributed by atoms with Crippen molar-refractivity contribution in [1.29, 1.82) is 0 Å². The Labute approximate surface area is 167 Å². The van der Waals surface area contributed by atoms with Crippen LogP contribution in [0.15, 0.2) is 60.9 Å². The first-order valence-electron chi connectivity index (χ1n) is 9.22. The highest BCUT2D eigenvalue weighted by atomic mass is 16.5. The van der Waals surface area contributed by atoms with E-state index in [9.17, 15) is 4.79 Å². The smallest absolute Gasteiger partial charge is 0.275 e. The van der Waals surface area contributed by atoms with Gasteiger partial charge < -0.3 is 5.11 Å². The molecule has 29 heavy (non-hydrogen) atoms. The van der Waals surface area contributed by atoms with E-state index in [-0.39, 0.29) is 6.61 Å². The number of hydrogen-bond acceptors (Lipinski definition) is 5. The molecule has 1 aromatic carbocycles. The largest absolute Gasteiger partial charge is 0.396 e. The van der Waals surface area contributed by atoms with Crippen molar-refractivity contribution >= 4 is 16.8 Å². The van der Waals surface area contributed by atoms with Crippen molar-refractivity contribution in [2.45, 2.75) is 6.42 Å². The summed E-state index contributed by atoms with van der Waals surface area (Å²) in [6, 6.07) is 10.9. The zero-order valence-corrected chi connectivity index (χ0v) is 15.6. The molecule has 0 aliphatic heterocycles. The monoisotopic (exact) mass is 385 g/mol. The molecule has 6 heteroatoms. The summed E-state index contributed by atoms with van der Waals surface area (Å²) in [7, 11) is 0. The van der Waals surface area contributed by atoms with Gasteiger partial charge in [0.15, 0.2) is 0 Å². The van der Waals surface area contributed by atoms with Crippen molar-refractivity contribution in [3.8, 4) is 23.1 Å². The summed E-state index contributed by atoms with van der Waals surface area (Å²) in [5.41, 5.74) is 5.71. The first-order chi connectivity index (χ1) is 14.1. The standard InChI is InChI=1S/C23H19N3O3/c1-14(18-10-17(18)13-27)2-3-15-4-6-16(7-5-15)22-11-19(23(28)26-29)20-12-24-9-8-21(20)25-22/h4-9,11-12,17-18,27,29H,1,10,13H2,(H,26,28)/t17-,18+/m1/s1. The lowest BCUT2D eigenvalue weighted by atomic mass is 10.0. The fourth-order valence-electron chi connectivity index (χ4n) is 3.31. The number of rotatable bonds is 4. The molecular formula is C23H19N3O3. The van der Waals surface area contributed by atoms with Gasteiger partial charge in [0.2, 0.25) is 0 Å². The Balaban J connectivity index is 1.62. The number of nitrogens with one attached hydrogen (secondary N) is 1. The average molecular weight is 385 g/mol. The molecule has 2 aromatic heterocycles. The number of aromatic nitrogens is 2. The third-order valence-corrected chi connectivity index (χ3v) is 5.11. The Morgan fingerprint density at radius 1 is 1.28 bits per heavy atom. The van der Waals surface area contributed by atoms with Crippen molar-refractivity contribution in [3.05, 3.63) is 72.1 Å². The van der Waals surface area contributed by atoms with Gasteiger partial charge in [-0.15, -0.1) is 0 Å². The first-order valence-corrected chi connectivity index (χ1v) is 9.22. The Kier molecular flexibility index (Phi) is 5.09. The summed E-state index contributed by atoms with van der Waals surface area (Å²) in [5, 5.41) is 18.8. The number of aliphatic hydroxyl groups excluding tert-OH is 1. The van der Waals surface area contributed by atoms with Gasteiger partial charge in [0, 0.05) is 35.5 Å². The van der Waals surface area contributed by atoms with Crippen LogP contribution in [0.5, 0.6) is 0 Å². The molecular weight excluding hydrogens is 366 g/mol. The Bertz CT molecular complexity index is 1160. The van der Waals surface area contributed by atoms with Crippen LogP contribution in [0.3, 0.4) is 0 Å². The van der Waals surface area contributed by atoms with Crippen LogP contribution in [0.4, 0.5) is 0 Å². The van der Waals surface area contributed by atoms with Gasteiger partial charge >= 0.3 is 0 Å². The molecule has 3 N–H and O–H groups in total. The molecule has 2 atom stereocenters. The van der Waals surface area contributed by atoms with Crippen LogP contribution in [0.1, 0.15) is 22.3 Å². The van der Waals surface area contributed by atoms with E-state index in [1.54, 1.807) is 30.0 Å². The molecule has 6 nitrogen and oxygen atoms in total. The van der Waals surface area contributed by atoms with E-state index >= 15 is 0 Å². The number of hydroxylamine groups is 1. The average Bonchev–Trinajstić information content (AvgIpc) is 3.56. The number of benzene rings is 1. The van der Waals surface area contributed by atoms with E-state index in [0.717, 1.165) is 23.1 Å². The minimum absolute atomic E-state index is 0.186. The lowest BCUT2D eigenvalue weighted by Gasteiger charge is -2.08. The van der Waals surface area contributed by atoms with Crippen LogP contribution >= 0.6 is 0 Å². The molecule has 0 saturated heterocycles. The lowest BCUT2D eigenvalue weighted by molar-refractivity contribution is 0.0708. The van der Waals surface area contributed by atoms with E-state index in [4.69, 9.17) is 10.3 Å². The molecule has 0 spiro atoms. The van der Waals surface area contributed by atoms with Gasteiger partial charge in [-0.3, -0.25) is 15.0 Å². The summed E-state index contributed by atoms with van der Waals surface area (Å²) in [5.74, 6) is 6.17. The normalized spacial score (nSPS) is 17.3. The number of pyridine rings is 2. The van der Waals surface area contributed by atoms with Gasteiger partial charge in [-0.1, -0.05) is 30.6 Å². The molecule has 4 rings (SSSR count). The minimum atomic E-state index is -0.617. The molecule has 0 bridgehead atoms. The van der Waals surface area contributed by atoms with Crippen LogP contribution in [-0.2, 0) is 0 Å². The van der Waals surface area contributed by atoms with Crippen LogP contribution in [0.2, 0.25) is 0 Å². The number of carbonyl (C=O) groups excluding carboxylic acids is 1. The molecule has 1 amide bonds. The van der Waals surface area contributed by atoms with E-state index < -0.39 is 5.91 Å². The number of nitrogens with zero attached hydrogens (tertiary/aromatic N) is 2. The Hall–Kier alpha value is -3.53. The van der Waals surface area contributed by atoms with Crippen LogP contribution in [-0.4, -0.2) is 32.8 Å². The molecule has 0 radical (unpaired) electrons. The second kappa shape index (κ2) is 7.84. The Morgan fingerprint density at radius 3 is 2.76 bits per heavy atom. The van der Waals surface area contributed by atoms with Crippen LogP contribution < -0.4 is 5.48 Å². The zero-order valence-electron chi connectivity index (χ0n) is 15.6. The summed E-state index contributed by atoms with van der Waals surface area (Å²) >= 11 is 0. The third-order valence-electron chi connectivity index (χ3n) is 5.11. The summed E-state index contributed by atoms with van der Waals surface area (Å²) < 4.78 is 0. The van der Waals surface area contributed by atoms with Crippen LogP contribution in [0, 0.1) is 23.7 Å². The molecule has 2 heterocycles. The predicted molar refractivity (Wildman–Crippen MR) is 109 cm³/mol. The molecule has 144 valence electrons. The maximum atomic E-state index is 12.1. The lowest BCUT2D eigenvalue weighted by Crippen LogP contribution is -2.19. The fraction of sp³-hybridized carbons (Fsp3) is 0.174. The SMILES string of the molecule is C=C(C#Cc1ccc(-c2cc(C(=O)NO)c3cnccc3n2)cc1)[C@@H]1C[C@@H]1CO. The van der Waals surface area contributed by atoms with Crippen LogP contribution in [0.25, 0.3) is 22.2 Å². The predicted octanol–water partition coefficient (Wildman–Crippen LogP) is 2.95.